The first kappa shape index (κ1) is 83.8. The number of hydrogen-bond acceptors (Lipinski definition) is 10. The Morgan fingerprint density at radius 3 is 1.17 bits per heavy atom. The van der Waals surface area contributed by atoms with Gasteiger partial charge in [-0.2, -0.15) is 8.78 Å². The van der Waals surface area contributed by atoms with Gasteiger partial charge in [-0.05, 0) is 105 Å². The van der Waals surface area contributed by atoms with Crippen LogP contribution in [0.2, 0.25) is 0 Å². The summed E-state index contributed by atoms with van der Waals surface area (Å²) in [5.41, 5.74) is 6.60. The van der Waals surface area contributed by atoms with Gasteiger partial charge in [-0.3, -0.25) is 14.4 Å². The minimum atomic E-state index is -3.49. The van der Waals surface area contributed by atoms with Crippen LogP contribution in [0.15, 0.2) is 146 Å². The first-order valence-electron chi connectivity index (χ1n) is 30.0. The fourth-order valence-electron chi connectivity index (χ4n) is 7.36. The Morgan fingerprint density at radius 2 is 0.914 bits per heavy atom. The summed E-state index contributed by atoms with van der Waals surface area (Å²) in [4.78, 5) is 47.6. The van der Waals surface area contributed by atoms with Crippen LogP contribution in [0.25, 0.3) is 33.4 Å². The van der Waals surface area contributed by atoms with E-state index < -0.39 is 134 Å². The normalized spacial score (nSPS) is 12.2. The average Bonchev–Trinajstić information content (AvgIpc) is 1.08. The van der Waals surface area contributed by atoms with Crippen molar-refractivity contribution >= 4 is 54.0 Å². The molecule has 0 saturated heterocycles. The molecule has 25 heteroatoms. The summed E-state index contributed by atoms with van der Waals surface area (Å²) in [6.45, 7) is 6.84. The van der Waals surface area contributed by atoms with Crippen LogP contribution in [0.3, 0.4) is 0 Å². The van der Waals surface area contributed by atoms with Crippen molar-refractivity contribution in [2.75, 3.05) is 39.5 Å². The van der Waals surface area contributed by atoms with Gasteiger partial charge in [0.2, 0.25) is 0 Å². The zero-order chi connectivity index (χ0) is 70.8. The number of benzene rings is 6. The molecule has 0 saturated carbocycles. The van der Waals surface area contributed by atoms with Crippen LogP contribution in [-0.2, 0) is 33.3 Å². The molecule has 0 aliphatic heterocycles. The number of nitrogens with one attached hydrogen (secondary N) is 1. The first-order valence-corrected chi connectivity index (χ1v) is 28.7. The molecule has 0 bridgehead atoms. The second-order valence-corrected chi connectivity index (χ2v) is 21.4. The van der Waals surface area contributed by atoms with E-state index in [9.17, 15) is 67.5 Å². The molecule has 0 aromatic heterocycles. The quantitative estimate of drug-likeness (QED) is 0.0243. The van der Waals surface area contributed by atoms with Crippen LogP contribution in [0, 0.1) is 17.5 Å². The van der Waals surface area contributed by atoms with Gasteiger partial charge in [-0.25, -0.2) is 44.3 Å². The minimum absolute atomic E-state index is 0. The predicted molar refractivity (Wildman–Crippen MR) is 341 cm³/mol. The lowest BCUT2D eigenvalue weighted by molar-refractivity contribution is -0.409. The van der Waals surface area contributed by atoms with E-state index in [-0.39, 0.29) is 37.7 Å². The molecular weight excluding hydrogens is 1300 g/mol. The minimum Gasteiger partial charge on any atom is -1.00 e. The standard InChI is InChI=1S/C23H26F3NO4.C20H19F3O2S.C18H18F3NO2.C4H8F2O.C2H6.CH4.2ClH/c1-15(17-10-11-18(19(24)12-17)16-8-6-5-7-9-16)20(28)30-14-23(25,26)13-27-21(29)31-22(2,3)4;1-14(19(24)25-13-20(22,23)10-5-11-26)16-8-9-17(18(21)12-16)15-6-3-2-4-7-15;1-12(17(23)24-11-18(20,21)10-22)14-7-8-15(16(19)9-14)13-5-3-2-4-6-13;1-2-4(5,6)3-7;1-2;;;/h5-12,15H,13-14H2,1-4H3,(H,27,29);2-4,6-9,11-12,14H,5,10,13H2,1H3;2-9,12H,10-11,22H2,1H3;7H,2-3H2,1H3;1-2H3;1H4;2*1H/i;;;;1D;1T;;. The number of carbonyl (C=O) groups excluding carboxylic acids is 4. The van der Waals surface area contributed by atoms with Gasteiger partial charge in [-0.15, -0.1) is 12.4 Å². The number of carbonyl (C=O) groups is 4. The van der Waals surface area contributed by atoms with Crippen molar-refractivity contribution in [3.63, 3.8) is 0 Å². The Balaban J connectivity index is 0. The number of alkyl halides is 8. The lowest BCUT2D eigenvalue weighted by Gasteiger charge is -2.22. The summed E-state index contributed by atoms with van der Waals surface area (Å²) < 4.78 is 178. The summed E-state index contributed by atoms with van der Waals surface area (Å²) in [5, 5.41) is 11.0. The van der Waals surface area contributed by atoms with Crippen molar-refractivity contribution in [3.8, 4) is 33.4 Å². The average molecular weight is 1390 g/mol. The Morgan fingerprint density at radius 1 is 0.602 bits per heavy atom. The third kappa shape index (κ3) is 32.0. The number of amides is 1. The largest absolute Gasteiger partial charge is 1.00 e. The predicted octanol–water partition coefficient (Wildman–Crippen LogP) is 14.0. The third-order valence-corrected chi connectivity index (χ3v) is 12.9. The highest BCUT2D eigenvalue weighted by molar-refractivity contribution is 7.78. The number of thiocarbonyl (C=S) groups is 1. The zero-order valence-electron chi connectivity index (χ0n) is 55.0. The molecule has 0 radical (unpaired) electrons. The van der Waals surface area contributed by atoms with Crippen LogP contribution >= 0.6 is 24.6 Å². The van der Waals surface area contributed by atoms with E-state index >= 15 is 0 Å². The summed E-state index contributed by atoms with van der Waals surface area (Å²) in [6, 6.07) is 39.9. The van der Waals surface area contributed by atoms with Crippen molar-refractivity contribution in [2.45, 2.75) is 136 Å². The second-order valence-electron chi connectivity index (χ2n) is 21.1. The monoisotopic (exact) mass is 1390 g/mol. The number of quaternary nitrogens is 1. The molecule has 93 heavy (non-hydrogen) atoms. The van der Waals surface area contributed by atoms with Crippen LogP contribution < -0.4 is 23.5 Å². The van der Waals surface area contributed by atoms with Crippen molar-refractivity contribution in [1.29, 1.82) is 0 Å². The number of rotatable bonds is 23. The highest BCUT2D eigenvalue weighted by Gasteiger charge is 2.35. The van der Waals surface area contributed by atoms with Crippen molar-refractivity contribution < 1.29 is 112 Å². The maximum Gasteiger partial charge on any atom is 0.407 e. The molecule has 0 spiro atoms. The molecule has 3 unspecified atom stereocenters. The number of alkyl carbamates (subject to hydrolysis) is 1. The molecule has 5 N–H and O–H groups in total. The molecule has 6 aromatic rings. The molecule has 1 amide bonds. The smallest absolute Gasteiger partial charge is 0.407 e. The molecule has 6 rings (SSSR count). The van der Waals surface area contributed by atoms with E-state index in [4.69, 9.17) is 22.1 Å². The molecule has 0 aliphatic carbocycles. The summed E-state index contributed by atoms with van der Waals surface area (Å²) in [7, 11) is 1.25. The number of esters is 3. The highest BCUT2D eigenvalue weighted by Crippen LogP contribution is 2.31. The van der Waals surface area contributed by atoms with Crippen LogP contribution in [0.1, 0.15) is 126 Å². The highest BCUT2D eigenvalue weighted by atomic mass is 35.5. The molecule has 0 aliphatic rings. The number of aliphatic hydroxyl groups excluding tert-OH is 1. The van der Waals surface area contributed by atoms with E-state index in [1.165, 1.54) is 64.7 Å². The molecule has 0 fully saturated rings. The van der Waals surface area contributed by atoms with E-state index in [0.717, 1.165) is 0 Å². The van der Waals surface area contributed by atoms with Crippen LogP contribution in [0.4, 0.5) is 53.1 Å². The molecule has 6 aromatic carbocycles. The first-order chi connectivity index (χ1) is 43.6. The second kappa shape index (κ2) is 42.2. The fraction of sp³-hybridized carbons (Fsp3) is 0.397. The van der Waals surface area contributed by atoms with Crippen molar-refractivity contribution in [1.82, 2.24) is 5.32 Å². The van der Waals surface area contributed by atoms with E-state index in [2.05, 4.69) is 22.7 Å². The maximum absolute atomic E-state index is 14.5. The van der Waals surface area contributed by atoms with Crippen LogP contribution in [-0.4, -0.2) is 103 Å². The maximum atomic E-state index is 14.5. The summed E-state index contributed by atoms with van der Waals surface area (Å²) in [6.07, 6.45) is -1.70. The third-order valence-electron chi connectivity index (χ3n) is 12.7. The Labute approximate surface area is 558 Å². The lowest BCUT2D eigenvalue weighted by Crippen LogP contribution is -3.00. The van der Waals surface area contributed by atoms with E-state index in [1.807, 2.05) is 23.5 Å². The van der Waals surface area contributed by atoms with Crippen molar-refractivity contribution in [3.05, 3.63) is 180 Å². The van der Waals surface area contributed by atoms with Gasteiger partial charge in [0.15, 0.2) is 19.8 Å². The Bertz CT molecular complexity index is 3220. The summed E-state index contributed by atoms with van der Waals surface area (Å²) in [5.74, 6) is -19.4. The number of halogens is 13. The Hall–Kier alpha value is -7.18. The van der Waals surface area contributed by atoms with E-state index in [0.29, 0.717) is 57.0 Å². The molecule has 3 atom stereocenters. The lowest BCUT2D eigenvalue weighted by atomic mass is 9.97. The van der Waals surface area contributed by atoms with Crippen molar-refractivity contribution in [2.24, 2.45) is 0 Å². The molecule has 516 valence electrons. The van der Waals surface area contributed by atoms with Gasteiger partial charge in [0.05, 0.1) is 24.3 Å². The Kier molecular flexibility index (Phi) is 38.0. The number of aliphatic hydroxyl groups is 1. The summed E-state index contributed by atoms with van der Waals surface area (Å²) >= 11 is 4.52. The number of ether oxygens (including phenoxy) is 4. The van der Waals surface area contributed by atoms with Crippen LogP contribution in [0.5, 0.6) is 0 Å². The zero-order valence-corrected chi connectivity index (χ0v) is 55.4. The molecular formula is C68H83Cl2F11N2O9S. The van der Waals surface area contributed by atoms with Gasteiger partial charge >= 0.3 is 29.9 Å². The van der Waals surface area contributed by atoms with Gasteiger partial charge in [0.1, 0.15) is 36.2 Å². The SMILES string of the molecule is CC(C(=O)OCC(F)(F)CCC=S)c1ccc(-c2ccccc2)c(F)c1.CC(C(=O)OCC(F)(F)CNC(=O)OC(C)(C)C)c1ccc(-c2ccccc2)c(F)c1.CC(C(=O)OCC(F)(F)C[NH3+])c1ccc(-c2ccccc2)c(F)c1.CCC(F)(F)CO.Cl.[2H]CC.[3H]C.[Cl-]. The fourth-order valence-corrected chi connectivity index (χ4v) is 7.48. The topological polar surface area (TPSA) is 165 Å². The molecule has 11 nitrogen and oxygen atoms in total. The van der Waals surface area contributed by atoms with Gasteiger partial charge in [0.25, 0.3) is 17.8 Å². The number of hydrogen-bond donors (Lipinski definition) is 3. The van der Waals surface area contributed by atoms with Gasteiger partial charge < -0.3 is 47.5 Å². The van der Waals surface area contributed by atoms with E-state index in [1.54, 1.807) is 131 Å². The van der Waals surface area contributed by atoms with Gasteiger partial charge in [-0.1, -0.05) is 168 Å². The van der Waals surface area contributed by atoms with Gasteiger partial charge in [0, 0.05) is 32.3 Å². The molecule has 0 heterocycles.